The molecule has 1 saturated heterocycles. The van der Waals surface area contributed by atoms with E-state index in [9.17, 15) is 28.8 Å². The van der Waals surface area contributed by atoms with Crippen LogP contribution in [0, 0.1) is 0 Å². The fraction of sp³-hybridized carbons (Fsp3) is 0.483. The number of ether oxygens (including phenoxy) is 1. The van der Waals surface area contributed by atoms with Crippen molar-refractivity contribution < 1.29 is 23.9 Å². The summed E-state index contributed by atoms with van der Waals surface area (Å²) in [4.78, 5) is 87.6. The number of halogens is 8. The lowest BCUT2D eigenvalue weighted by atomic mass is 10.1. The minimum Gasteiger partial charge on any atom is -0.444 e. The number of nitrogen functional groups attached to an aromatic ring is 1. The van der Waals surface area contributed by atoms with Gasteiger partial charge in [-0.1, -0.05) is 134 Å². The van der Waals surface area contributed by atoms with Crippen molar-refractivity contribution in [1.29, 1.82) is 0 Å². The molecule has 0 aliphatic carbocycles. The molecule has 90 heavy (non-hydrogen) atoms. The Bertz CT molecular complexity index is 3740. The first-order chi connectivity index (χ1) is 41.7. The number of nitrogens with two attached hydrogens (primary N) is 2. The number of rotatable bonds is 10. The van der Waals surface area contributed by atoms with Crippen molar-refractivity contribution in [3.8, 4) is 5.82 Å². The summed E-state index contributed by atoms with van der Waals surface area (Å²) in [6.07, 6.45) is 5.08. The van der Waals surface area contributed by atoms with E-state index in [2.05, 4.69) is 85.8 Å². The quantitative estimate of drug-likeness (QED) is 0.0693. The van der Waals surface area contributed by atoms with Gasteiger partial charge in [0.25, 0.3) is 17.4 Å². The molecule has 0 bridgehead atoms. The number of hydrogen-bond donors (Lipinski definition) is 6. The van der Waals surface area contributed by atoms with E-state index >= 15 is 0 Å². The standard InChI is InChI=1S/C16H18Cl3N5O2.C16H17Cl2N5O2.C11H22N2O2.C9H17N3.C6H3Cl3N2O/c1-7(2)10-6-20-24(8(3)4)14(10)22-16(26)23-15(25)9-5-11(17)13(19)21-12(9)18;1-7(2)10-6-19-23(8(3)4)15(10)22-13-9(14(24)21-16(22)25)5-11(17)12(18)20-13;1-8-7-13(9(2)6-12-8)10(14)15-11(3,4)5;1-6(2)8-5-11-12(7(3)4)9(8)10;7-3-1-2(6(10)12)4(8)11-5(3)9/h5-8H,1-4H3,(H2,22,23,25,26);5-8H,1-4H3,(H,21,24,25);8-9,12H,6-7H2,1-5H3;5-7H,10H2,1-4H3;1H,(H2,10,12)/t;;8-,9+;;/m..0../s1. The Morgan fingerprint density at radius 1 is 0.644 bits per heavy atom. The third-order valence-electron chi connectivity index (χ3n) is 13.0. The second-order valence-electron chi connectivity index (χ2n) is 23.4. The average molecular weight is 1410 g/mol. The van der Waals surface area contributed by atoms with Crippen LogP contribution in [-0.2, 0) is 4.74 Å². The molecule has 8 rings (SSSR count). The van der Waals surface area contributed by atoms with Gasteiger partial charge >= 0.3 is 17.8 Å². The summed E-state index contributed by atoms with van der Waals surface area (Å²) in [5.41, 5.74) is 12.3. The van der Waals surface area contributed by atoms with Crippen molar-refractivity contribution in [3.63, 3.8) is 0 Å². The Morgan fingerprint density at radius 3 is 1.60 bits per heavy atom. The molecule has 32 heteroatoms. The number of fused-ring (bicyclic) bond motifs is 1. The molecular formula is C58H77Cl8N17O7. The molecule has 0 saturated carbocycles. The minimum absolute atomic E-state index is 0.000787. The number of carbonyl (C=O) groups is 4. The lowest BCUT2D eigenvalue weighted by molar-refractivity contribution is 0.0104. The number of aromatic amines is 1. The summed E-state index contributed by atoms with van der Waals surface area (Å²) >= 11 is 46.1. The number of primary amides is 1. The maximum absolute atomic E-state index is 12.6. The Balaban J connectivity index is 0.000000250. The first-order valence-electron chi connectivity index (χ1n) is 28.4. The molecule has 1 aliphatic heterocycles. The highest BCUT2D eigenvalue weighted by molar-refractivity contribution is 6.44. The molecule has 492 valence electrons. The van der Waals surface area contributed by atoms with E-state index in [1.165, 1.54) is 22.8 Å². The highest BCUT2D eigenvalue weighted by Crippen LogP contribution is 2.31. The molecule has 8 heterocycles. The van der Waals surface area contributed by atoms with Crippen LogP contribution in [0.3, 0.4) is 0 Å². The van der Waals surface area contributed by atoms with Crippen LogP contribution in [0.15, 0.2) is 46.4 Å². The van der Waals surface area contributed by atoms with E-state index in [0.717, 1.165) is 35.6 Å². The first kappa shape index (κ1) is 76.2. The topological polar surface area (TPSA) is 316 Å². The number of aromatic nitrogens is 11. The van der Waals surface area contributed by atoms with E-state index < -0.39 is 34.7 Å². The number of urea groups is 1. The van der Waals surface area contributed by atoms with Crippen molar-refractivity contribution in [2.45, 2.75) is 171 Å². The summed E-state index contributed by atoms with van der Waals surface area (Å²) in [7, 11) is 0. The Morgan fingerprint density at radius 2 is 1.11 bits per heavy atom. The monoisotopic (exact) mass is 1400 g/mol. The Hall–Kier alpha value is -6.22. The zero-order chi connectivity index (χ0) is 68.3. The predicted molar refractivity (Wildman–Crippen MR) is 359 cm³/mol. The van der Waals surface area contributed by atoms with Gasteiger partial charge in [0.05, 0.1) is 50.2 Å². The Kier molecular flexibility index (Phi) is 27.8. The number of nitrogens with one attached hydrogen (secondary N) is 4. The fourth-order valence-corrected chi connectivity index (χ4v) is 9.79. The predicted octanol–water partition coefficient (Wildman–Crippen LogP) is 14.1. The summed E-state index contributed by atoms with van der Waals surface area (Å²) in [6, 6.07) is 4.14. The van der Waals surface area contributed by atoms with E-state index in [1.807, 2.05) is 94.0 Å². The highest BCUT2D eigenvalue weighted by Gasteiger charge is 2.31. The maximum Gasteiger partial charge on any atom is 0.410 e. The third-order valence-corrected chi connectivity index (χ3v) is 15.6. The van der Waals surface area contributed by atoms with Gasteiger partial charge in [-0.3, -0.25) is 30.0 Å². The summed E-state index contributed by atoms with van der Waals surface area (Å²) < 4.78 is 11.9. The zero-order valence-electron chi connectivity index (χ0n) is 53.0. The van der Waals surface area contributed by atoms with Gasteiger partial charge in [-0.25, -0.2) is 47.9 Å². The molecule has 1 fully saturated rings. The summed E-state index contributed by atoms with van der Waals surface area (Å²) in [5.74, 6) is 1.16. The number of nitrogens with zero attached hydrogens (tertiary/aromatic N) is 11. The molecule has 2 atom stereocenters. The van der Waals surface area contributed by atoms with Gasteiger partial charge in [0.1, 0.15) is 48.8 Å². The van der Waals surface area contributed by atoms with Crippen LogP contribution in [0.25, 0.3) is 16.9 Å². The van der Waals surface area contributed by atoms with Crippen molar-refractivity contribution in [1.82, 2.24) is 69.4 Å². The van der Waals surface area contributed by atoms with Crippen molar-refractivity contribution in [2.24, 2.45) is 5.73 Å². The number of piperazine rings is 1. The van der Waals surface area contributed by atoms with Crippen LogP contribution in [0.4, 0.5) is 21.2 Å². The zero-order valence-corrected chi connectivity index (χ0v) is 59.0. The number of carbonyl (C=O) groups excluding carboxylic acids is 4. The number of imide groups is 1. The third kappa shape index (κ3) is 20.1. The number of H-pyrrole nitrogens is 1. The van der Waals surface area contributed by atoms with Crippen molar-refractivity contribution in [3.05, 3.63) is 126 Å². The molecule has 24 nitrogen and oxygen atoms in total. The first-order valence-corrected chi connectivity index (χ1v) is 31.4. The highest BCUT2D eigenvalue weighted by atomic mass is 35.5. The van der Waals surface area contributed by atoms with Gasteiger partial charge in [-0.05, 0) is 112 Å². The minimum atomic E-state index is -0.750. The lowest BCUT2D eigenvalue weighted by Gasteiger charge is -2.38. The number of hydrogen-bond acceptors (Lipinski definition) is 15. The molecule has 1 aliphatic rings. The normalized spacial score (nSPS) is 14.0. The summed E-state index contributed by atoms with van der Waals surface area (Å²) in [6.45, 7) is 35.5. The molecular weight excluding hydrogens is 1330 g/mol. The van der Waals surface area contributed by atoms with Crippen LogP contribution in [0.1, 0.15) is 191 Å². The molecule has 5 amide bonds. The van der Waals surface area contributed by atoms with E-state index in [1.54, 1.807) is 26.7 Å². The lowest BCUT2D eigenvalue weighted by Crippen LogP contribution is -2.57. The SMILES string of the molecule is CC(C)c1cnn(C(C)C)c1-n1c(=O)[nH]c(=O)c2cc(Cl)c(Cl)nc21.CC(C)c1cnn(C(C)C)c1N.CC(C)c1cnn(C(C)C)c1NC(=O)NC(=O)c1cc(Cl)c(Cl)nc1Cl.C[C@@H]1CN[C@@H](C)CN1C(=O)OC(C)(C)C.NC(=O)c1cc(Cl)c(Cl)nc1Cl. The van der Waals surface area contributed by atoms with Gasteiger partial charge in [-0.2, -0.15) is 15.3 Å². The van der Waals surface area contributed by atoms with E-state index in [-0.39, 0.29) is 99.0 Å². The Labute approximate surface area is 562 Å². The molecule has 7 aromatic rings. The number of pyridine rings is 3. The van der Waals surface area contributed by atoms with Gasteiger partial charge in [0.2, 0.25) is 0 Å². The van der Waals surface area contributed by atoms with Gasteiger partial charge in [-0.15, -0.1) is 0 Å². The maximum atomic E-state index is 12.6. The summed E-state index contributed by atoms with van der Waals surface area (Å²) in [5, 5.41) is 21.5. The molecule has 0 aromatic carbocycles. The molecule has 7 aromatic heterocycles. The van der Waals surface area contributed by atoms with Gasteiger partial charge in [0.15, 0.2) is 5.65 Å². The number of anilines is 2. The smallest absolute Gasteiger partial charge is 0.410 e. The van der Waals surface area contributed by atoms with Crippen LogP contribution in [0.5, 0.6) is 0 Å². The fourth-order valence-electron chi connectivity index (χ4n) is 8.38. The van der Waals surface area contributed by atoms with Crippen molar-refractivity contribution >= 4 is 139 Å². The van der Waals surface area contributed by atoms with E-state index in [4.69, 9.17) is 109 Å². The average Bonchev–Trinajstić information content (AvgIpc) is 1.49. The second-order valence-corrected chi connectivity index (χ2v) is 26.4. The van der Waals surface area contributed by atoms with Crippen LogP contribution in [-0.4, -0.2) is 113 Å². The van der Waals surface area contributed by atoms with Crippen LogP contribution in [0.2, 0.25) is 40.8 Å². The molecule has 8 N–H and O–H groups in total. The van der Waals surface area contributed by atoms with Crippen LogP contribution < -0.4 is 38.7 Å². The van der Waals surface area contributed by atoms with E-state index in [0.29, 0.717) is 29.6 Å². The van der Waals surface area contributed by atoms with Gasteiger partial charge < -0.3 is 26.4 Å². The molecule has 0 unspecified atom stereocenters. The largest absolute Gasteiger partial charge is 0.444 e. The van der Waals surface area contributed by atoms with Crippen molar-refractivity contribution in [2.75, 3.05) is 24.1 Å². The molecule has 0 radical (unpaired) electrons. The second kappa shape index (κ2) is 32.9. The van der Waals surface area contributed by atoms with Gasteiger partial charge in [0, 0.05) is 60.0 Å². The van der Waals surface area contributed by atoms with Crippen LogP contribution >= 0.6 is 92.8 Å². The molecule has 0 spiro atoms. The number of amides is 5.